The Morgan fingerprint density at radius 1 is 1.14 bits per heavy atom. The summed E-state index contributed by atoms with van der Waals surface area (Å²) in [6.45, 7) is 0. The van der Waals surface area contributed by atoms with Crippen LogP contribution in [0.25, 0.3) is 0 Å². The van der Waals surface area contributed by atoms with Crippen molar-refractivity contribution in [3.05, 3.63) is 76.6 Å². The van der Waals surface area contributed by atoms with Crippen molar-refractivity contribution in [2.45, 2.75) is 18.9 Å². The summed E-state index contributed by atoms with van der Waals surface area (Å²) in [5, 5.41) is 21.4. The zero-order valence-electron chi connectivity index (χ0n) is 14.7. The molecule has 3 aromatic rings. The van der Waals surface area contributed by atoms with Gasteiger partial charge in [-0.1, -0.05) is 6.07 Å². The summed E-state index contributed by atoms with van der Waals surface area (Å²) in [5.41, 5.74) is 8.11. The van der Waals surface area contributed by atoms with E-state index >= 15 is 0 Å². The number of fused-ring (bicyclic) bond motifs is 1. The summed E-state index contributed by atoms with van der Waals surface area (Å²) in [5.74, 6) is -0.862. The van der Waals surface area contributed by atoms with Gasteiger partial charge in [0.25, 0.3) is 0 Å². The molecule has 4 rings (SSSR count). The van der Waals surface area contributed by atoms with E-state index in [9.17, 15) is 13.9 Å². The Morgan fingerprint density at radius 2 is 1.96 bits per heavy atom. The molecule has 0 aliphatic heterocycles. The Bertz CT molecular complexity index is 1070. The molecule has 0 bridgehead atoms. The number of hydrogen-bond donors (Lipinski definition) is 4. The van der Waals surface area contributed by atoms with E-state index in [1.807, 2.05) is 0 Å². The Kier molecular flexibility index (Phi) is 4.38. The molecular weight excluding hydrogens is 364 g/mol. The van der Waals surface area contributed by atoms with E-state index in [4.69, 9.17) is 11.1 Å². The average Bonchev–Trinajstić information content (AvgIpc) is 3.02. The number of phenols is 1. The lowest BCUT2D eigenvalue weighted by atomic mass is 10.0. The zero-order valence-corrected chi connectivity index (χ0v) is 14.7. The van der Waals surface area contributed by atoms with Crippen LogP contribution in [-0.4, -0.2) is 20.8 Å². The highest BCUT2D eigenvalue weighted by Crippen LogP contribution is 2.35. The fourth-order valence-corrected chi connectivity index (χ4v) is 3.52. The molecule has 1 aromatic heterocycles. The predicted octanol–water partition coefficient (Wildman–Crippen LogP) is 3.56. The number of rotatable bonds is 4. The highest BCUT2D eigenvalue weighted by Gasteiger charge is 2.25. The lowest BCUT2D eigenvalue weighted by molar-refractivity contribution is 0.469. The number of anilines is 2. The van der Waals surface area contributed by atoms with Gasteiger partial charge in [0.15, 0.2) is 0 Å². The first-order chi connectivity index (χ1) is 13.4. The number of hydrogen-bond acceptors (Lipinski definition) is 6. The average molecular weight is 381 g/mol. The molecule has 0 fully saturated rings. The topological polar surface area (TPSA) is 108 Å². The summed E-state index contributed by atoms with van der Waals surface area (Å²) in [6, 6.07) is 7.89. The fourth-order valence-electron chi connectivity index (χ4n) is 3.52. The van der Waals surface area contributed by atoms with E-state index in [-0.39, 0.29) is 40.3 Å². The van der Waals surface area contributed by atoms with Crippen molar-refractivity contribution in [2.24, 2.45) is 0 Å². The van der Waals surface area contributed by atoms with Crippen molar-refractivity contribution in [3.8, 4) is 5.75 Å². The van der Waals surface area contributed by atoms with Crippen LogP contribution in [-0.2, 0) is 6.42 Å². The molecule has 0 amide bonds. The van der Waals surface area contributed by atoms with Crippen molar-refractivity contribution in [1.82, 2.24) is 9.97 Å². The molecule has 0 saturated carbocycles. The number of nitrogens with one attached hydrogen (secondary N) is 2. The number of nitrogens with zero attached hydrogens (tertiary/aromatic N) is 2. The summed E-state index contributed by atoms with van der Waals surface area (Å²) < 4.78 is 27.1. The van der Waals surface area contributed by atoms with Gasteiger partial charge in [-0.15, -0.1) is 0 Å². The van der Waals surface area contributed by atoms with Crippen LogP contribution in [0.4, 0.5) is 20.4 Å². The minimum Gasteiger partial charge on any atom is -0.508 e. The third-order valence-electron chi connectivity index (χ3n) is 4.79. The van der Waals surface area contributed by atoms with Crippen LogP contribution in [0.1, 0.15) is 34.7 Å². The van der Waals surface area contributed by atoms with Crippen LogP contribution in [0.2, 0.25) is 0 Å². The molecule has 0 radical (unpaired) electrons. The molecule has 28 heavy (non-hydrogen) atoms. The number of benzene rings is 2. The van der Waals surface area contributed by atoms with Crippen LogP contribution in [0, 0.1) is 17.0 Å². The van der Waals surface area contributed by atoms with Crippen molar-refractivity contribution in [3.63, 3.8) is 0 Å². The summed E-state index contributed by atoms with van der Waals surface area (Å²) in [6.07, 6.45) is 2.73. The smallest absolute Gasteiger partial charge is 0.141 e. The maximum absolute atomic E-state index is 13.7. The molecule has 142 valence electrons. The Morgan fingerprint density at radius 3 is 2.75 bits per heavy atom. The highest BCUT2D eigenvalue weighted by molar-refractivity contribution is 6.16. The predicted molar refractivity (Wildman–Crippen MR) is 102 cm³/mol. The van der Waals surface area contributed by atoms with Gasteiger partial charge in [-0.05, 0) is 48.2 Å². The Hall–Kier alpha value is -3.55. The van der Waals surface area contributed by atoms with Crippen molar-refractivity contribution >= 4 is 17.3 Å². The van der Waals surface area contributed by atoms with Crippen molar-refractivity contribution in [2.75, 3.05) is 11.1 Å². The van der Waals surface area contributed by atoms with Gasteiger partial charge in [0, 0.05) is 11.6 Å². The first-order valence-electron chi connectivity index (χ1n) is 8.66. The number of aromatic nitrogens is 2. The van der Waals surface area contributed by atoms with Gasteiger partial charge in [0.05, 0.1) is 17.3 Å². The van der Waals surface area contributed by atoms with E-state index < -0.39 is 5.82 Å². The maximum atomic E-state index is 13.7. The summed E-state index contributed by atoms with van der Waals surface area (Å²) >= 11 is 0. The van der Waals surface area contributed by atoms with Crippen LogP contribution in [0.3, 0.4) is 0 Å². The van der Waals surface area contributed by atoms with E-state index in [0.29, 0.717) is 5.82 Å². The minimum atomic E-state index is -0.670. The first kappa shape index (κ1) is 17.8. The van der Waals surface area contributed by atoms with Gasteiger partial charge in [0.2, 0.25) is 0 Å². The number of phenolic OH excluding ortho intramolecular Hbond substituents is 1. The SMILES string of the molecule is N=C(c1cc(O)cc(F)c1)c1c(N)ncnc1NC1CCc2cc(F)ccc21. The number of aromatic hydroxyl groups is 1. The van der Waals surface area contributed by atoms with Gasteiger partial charge in [-0.3, -0.25) is 5.41 Å². The summed E-state index contributed by atoms with van der Waals surface area (Å²) in [7, 11) is 0. The van der Waals surface area contributed by atoms with E-state index in [2.05, 4.69) is 15.3 Å². The lowest BCUT2D eigenvalue weighted by Gasteiger charge is -2.19. The third kappa shape index (κ3) is 3.24. The highest BCUT2D eigenvalue weighted by atomic mass is 19.1. The normalized spacial score (nSPS) is 15.3. The summed E-state index contributed by atoms with van der Waals surface area (Å²) in [4.78, 5) is 8.15. The van der Waals surface area contributed by atoms with Crippen LogP contribution in [0.5, 0.6) is 5.75 Å². The number of nitrogen functional groups attached to an aromatic ring is 1. The second kappa shape index (κ2) is 6.88. The molecule has 1 atom stereocenters. The third-order valence-corrected chi connectivity index (χ3v) is 4.79. The zero-order chi connectivity index (χ0) is 19.8. The van der Waals surface area contributed by atoms with Crippen LogP contribution < -0.4 is 11.1 Å². The molecule has 8 heteroatoms. The number of nitrogens with two attached hydrogens (primary N) is 1. The van der Waals surface area contributed by atoms with E-state index in [0.717, 1.165) is 36.1 Å². The molecule has 1 aliphatic carbocycles. The van der Waals surface area contributed by atoms with Gasteiger partial charge in [0.1, 0.15) is 35.3 Å². The first-order valence-corrected chi connectivity index (χ1v) is 8.66. The molecule has 6 nitrogen and oxygen atoms in total. The van der Waals surface area contributed by atoms with Crippen LogP contribution >= 0.6 is 0 Å². The fraction of sp³-hybridized carbons (Fsp3) is 0.150. The molecule has 0 saturated heterocycles. The maximum Gasteiger partial charge on any atom is 0.141 e. The van der Waals surface area contributed by atoms with Gasteiger partial charge < -0.3 is 16.2 Å². The number of halogens is 2. The molecule has 2 aromatic carbocycles. The van der Waals surface area contributed by atoms with Gasteiger partial charge in [-0.2, -0.15) is 0 Å². The van der Waals surface area contributed by atoms with Gasteiger partial charge >= 0.3 is 0 Å². The molecule has 1 aliphatic rings. The van der Waals surface area contributed by atoms with Crippen LogP contribution in [0.15, 0.2) is 42.7 Å². The number of aryl methyl sites for hydroxylation is 1. The standard InChI is InChI=1S/C20H17F2N5O/c21-12-2-3-15-10(5-12)1-4-16(15)27-20-17(19(24)25-9-26-20)18(23)11-6-13(22)8-14(28)7-11/h2-3,5-9,16,23,28H,1,4H2,(H3,24,25,26,27). The quantitative estimate of drug-likeness (QED) is 0.517. The van der Waals surface area contributed by atoms with E-state index in [1.165, 1.54) is 24.5 Å². The van der Waals surface area contributed by atoms with E-state index in [1.54, 1.807) is 6.07 Å². The van der Waals surface area contributed by atoms with Gasteiger partial charge in [-0.25, -0.2) is 18.7 Å². The molecule has 0 spiro atoms. The lowest BCUT2D eigenvalue weighted by Crippen LogP contribution is -2.16. The molecule has 5 N–H and O–H groups in total. The molecular formula is C20H17F2N5O. The molecule has 1 unspecified atom stereocenters. The Labute approximate surface area is 159 Å². The largest absolute Gasteiger partial charge is 0.508 e. The second-order valence-corrected chi connectivity index (χ2v) is 6.63. The Balaban J connectivity index is 1.71. The monoisotopic (exact) mass is 381 g/mol. The second-order valence-electron chi connectivity index (χ2n) is 6.63. The minimum absolute atomic E-state index is 0.0589. The van der Waals surface area contributed by atoms with Crippen molar-refractivity contribution < 1.29 is 13.9 Å². The van der Waals surface area contributed by atoms with Crippen molar-refractivity contribution in [1.29, 1.82) is 5.41 Å². The molecule has 1 heterocycles.